The van der Waals surface area contributed by atoms with Crippen LogP contribution in [0.1, 0.15) is 24.8 Å². The van der Waals surface area contributed by atoms with Crippen LogP contribution in [0.25, 0.3) is 11.0 Å². The standard InChI is InChI=1S/C14H19N3/c1-17-10-16-13-6-5-11(9-14(13)17)8-12-4-2-3-7-15-12/h5-6,9-10,12,15H,2-4,7-8H2,1H3. The van der Waals surface area contributed by atoms with Gasteiger partial charge in [0, 0.05) is 13.1 Å². The molecule has 3 nitrogen and oxygen atoms in total. The number of benzene rings is 1. The van der Waals surface area contributed by atoms with E-state index >= 15 is 0 Å². The Hall–Kier alpha value is -1.35. The number of aryl methyl sites for hydroxylation is 1. The van der Waals surface area contributed by atoms with Crippen molar-refractivity contribution in [3.63, 3.8) is 0 Å². The molecule has 2 aromatic rings. The zero-order chi connectivity index (χ0) is 11.7. The summed E-state index contributed by atoms with van der Waals surface area (Å²) in [4.78, 5) is 4.35. The lowest BCUT2D eigenvalue weighted by molar-refractivity contribution is 0.399. The molecule has 0 amide bonds. The van der Waals surface area contributed by atoms with Gasteiger partial charge in [-0.05, 0) is 43.5 Å². The highest BCUT2D eigenvalue weighted by Gasteiger charge is 2.13. The van der Waals surface area contributed by atoms with Crippen molar-refractivity contribution in [2.24, 2.45) is 7.05 Å². The number of imidazole rings is 1. The molecule has 1 N–H and O–H groups in total. The summed E-state index contributed by atoms with van der Waals surface area (Å²) in [5.41, 5.74) is 3.74. The molecule has 0 bridgehead atoms. The molecular weight excluding hydrogens is 210 g/mol. The Morgan fingerprint density at radius 1 is 1.41 bits per heavy atom. The Labute approximate surface area is 102 Å². The molecule has 0 radical (unpaired) electrons. The van der Waals surface area contributed by atoms with Gasteiger partial charge in [0.25, 0.3) is 0 Å². The van der Waals surface area contributed by atoms with Gasteiger partial charge in [-0.25, -0.2) is 4.98 Å². The molecule has 1 aliphatic heterocycles. The first-order chi connectivity index (χ1) is 8.33. The molecule has 0 aliphatic carbocycles. The van der Waals surface area contributed by atoms with Crippen LogP contribution < -0.4 is 5.32 Å². The topological polar surface area (TPSA) is 29.9 Å². The minimum Gasteiger partial charge on any atom is -0.334 e. The molecule has 1 aromatic carbocycles. The lowest BCUT2D eigenvalue weighted by Crippen LogP contribution is -2.35. The van der Waals surface area contributed by atoms with Crippen LogP contribution >= 0.6 is 0 Å². The van der Waals surface area contributed by atoms with Gasteiger partial charge in [-0.3, -0.25) is 0 Å². The number of fused-ring (bicyclic) bond motifs is 1. The van der Waals surface area contributed by atoms with Gasteiger partial charge in [0.2, 0.25) is 0 Å². The summed E-state index contributed by atoms with van der Waals surface area (Å²) in [6.07, 6.45) is 7.03. The van der Waals surface area contributed by atoms with Crippen LogP contribution in [-0.2, 0) is 13.5 Å². The van der Waals surface area contributed by atoms with Crippen molar-refractivity contribution in [3.05, 3.63) is 30.1 Å². The van der Waals surface area contributed by atoms with Crippen molar-refractivity contribution in [2.45, 2.75) is 31.7 Å². The minimum absolute atomic E-state index is 0.662. The van der Waals surface area contributed by atoms with Gasteiger partial charge in [-0.1, -0.05) is 12.5 Å². The van der Waals surface area contributed by atoms with Crippen LogP contribution in [0.2, 0.25) is 0 Å². The van der Waals surface area contributed by atoms with Gasteiger partial charge in [-0.2, -0.15) is 0 Å². The van der Waals surface area contributed by atoms with Crippen molar-refractivity contribution in [3.8, 4) is 0 Å². The minimum atomic E-state index is 0.662. The van der Waals surface area contributed by atoms with Crippen molar-refractivity contribution >= 4 is 11.0 Å². The average molecular weight is 229 g/mol. The molecule has 2 heterocycles. The van der Waals surface area contributed by atoms with Gasteiger partial charge in [0.05, 0.1) is 17.4 Å². The third kappa shape index (κ3) is 2.20. The second-order valence-electron chi connectivity index (χ2n) is 5.03. The highest BCUT2D eigenvalue weighted by atomic mass is 15.0. The van der Waals surface area contributed by atoms with E-state index < -0.39 is 0 Å². The molecule has 1 fully saturated rings. The first-order valence-corrected chi connectivity index (χ1v) is 6.46. The molecule has 1 aromatic heterocycles. The fourth-order valence-electron chi connectivity index (χ4n) is 2.68. The monoisotopic (exact) mass is 229 g/mol. The molecule has 90 valence electrons. The summed E-state index contributed by atoms with van der Waals surface area (Å²) >= 11 is 0. The van der Waals surface area contributed by atoms with Gasteiger partial charge >= 0.3 is 0 Å². The van der Waals surface area contributed by atoms with Crippen LogP contribution in [0.3, 0.4) is 0 Å². The third-order valence-electron chi connectivity index (χ3n) is 3.68. The molecule has 3 rings (SSSR count). The summed E-state index contributed by atoms with van der Waals surface area (Å²) in [5.74, 6) is 0. The number of piperidine rings is 1. The van der Waals surface area contributed by atoms with E-state index in [0.717, 1.165) is 11.9 Å². The van der Waals surface area contributed by atoms with E-state index in [1.165, 1.54) is 36.9 Å². The maximum atomic E-state index is 4.35. The van der Waals surface area contributed by atoms with E-state index in [1.54, 1.807) is 0 Å². The Bertz CT molecular complexity index is 509. The van der Waals surface area contributed by atoms with Gasteiger partial charge < -0.3 is 9.88 Å². The van der Waals surface area contributed by atoms with E-state index in [0.29, 0.717) is 6.04 Å². The molecule has 3 heteroatoms. The normalized spacial score (nSPS) is 20.9. The van der Waals surface area contributed by atoms with E-state index in [-0.39, 0.29) is 0 Å². The lowest BCUT2D eigenvalue weighted by Gasteiger charge is -2.23. The maximum absolute atomic E-state index is 4.35. The van der Waals surface area contributed by atoms with E-state index in [4.69, 9.17) is 0 Å². The molecular formula is C14H19N3. The van der Waals surface area contributed by atoms with E-state index in [9.17, 15) is 0 Å². The largest absolute Gasteiger partial charge is 0.334 e. The molecule has 0 spiro atoms. The quantitative estimate of drug-likeness (QED) is 0.856. The number of aromatic nitrogens is 2. The first kappa shape index (κ1) is 10.8. The second kappa shape index (κ2) is 4.49. The molecule has 1 saturated heterocycles. The highest BCUT2D eigenvalue weighted by Crippen LogP contribution is 2.17. The third-order valence-corrected chi connectivity index (χ3v) is 3.68. The van der Waals surface area contributed by atoms with Crippen LogP contribution in [0.15, 0.2) is 24.5 Å². The number of hydrogen-bond donors (Lipinski definition) is 1. The van der Waals surface area contributed by atoms with Crippen LogP contribution in [0.5, 0.6) is 0 Å². The lowest BCUT2D eigenvalue weighted by atomic mass is 9.97. The Kier molecular flexibility index (Phi) is 2.85. The Morgan fingerprint density at radius 3 is 3.18 bits per heavy atom. The maximum Gasteiger partial charge on any atom is 0.0955 e. The van der Waals surface area contributed by atoms with Crippen molar-refractivity contribution in [1.29, 1.82) is 0 Å². The number of rotatable bonds is 2. The first-order valence-electron chi connectivity index (χ1n) is 6.46. The smallest absolute Gasteiger partial charge is 0.0955 e. The second-order valence-corrected chi connectivity index (χ2v) is 5.03. The fourth-order valence-corrected chi connectivity index (χ4v) is 2.68. The van der Waals surface area contributed by atoms with Crippen LogP contribution in [0.4, 0.5) is 0 Å². The Balaban J connectivity index is 1.82. The average Bonchev–Trinajstić information content (AvgIpc) is 2.73. The summed E-state index contributed by atoms with van der Waals surface area (Å²) in [6, 6.07) is 7.28. The summed E-state index contributed by atoms with van der Waals surface area (Å²) in [7, 11) is 2.05. The zero-order valence-electron chi connectivity index (χ0n) is 10.3. The van der Waals surface area contributed by atoms with Gasteiger partial charge in [0.15, 0.2) is 0 Å². The van der Waals surface area contributed by atoms with Crippen LogP contribution in [0, 0.1) is 0 Å². The van der Waals surface area contributed by atoms with Crippen molar-refractivity contribution in [1.82, 2.24) is 14.9 Å². The van der Waals surface area contributed by atoms with E-state index in [1.807, 2.05) is 6.33 Å². The summed E-state index contributed by atoms with van der Waals surface area (Å²) in [5, 5.41) is 3.60. The van der Waals surface area contributed by atoms with Gasteiger partial charge in [-0.15, -0.1) is 0 Å². The fraction of sp³-hybridized carbons (Fsp3) is 0.500. The van der Waals surface area contributed by atoms with Crippen molar-refractivity contribution < 1.29 is 0 Å². The number of nitrogens with one attached hydrogen (secondary N) is 1. The molecule has 0 saturated carbocycles. The van der Waals surface area contributed by atoms with E-state index in [2.05, 4.69) is 40.1 Å². The summed E-state index contributed by atoms with van der Waals surface area (Å²) < 4.78 is 2.09. The predicted octanol–water partition coefficient (Wildman–Crippen LogP) is 2.26. The zero-order valence-corrected chi connectivity index (χ0v) is 10.3. The van der Waals surface area contributed by atoms with Crippen LogP contribution in [-0.4, -0.2) is 22.1 Å². The SMILES string of the molecule is Cn1cnc2ccc(CC3CCCCN3)cc21. The molecule has 17 heavy (non-hydrogen) atoms. The van der Waals surface area contributed by atoms with Gasteiger partial charge in [0.1, 0.15) is 0 Å². The number of nitrogens with zero attached hydrogens (tertiary/aromatic N) is 2. The molecule has 1 unspecified atom stereocenters. The highest BCUT2D eigenvalue weighted by molar-refractivity contribution is 5.75. The Morgan fingerprint density at radius 2 is 2.35 bits per heavy atom. The predicted molar refractivity (Wildman–Crippen MR) is 70.1 cm³/mol. The van der Waals surface area contributed by atoms with Crippen molar-refractivity contribution in [2.75, 3.05) is 6.54 Å². The molecule has 1 atom stereocenters. The molecule has 1 aliphatic rings. The number of hydrogen-bond acceptors (Lipinski definition) is 2. The summed E-state index contributed by atoms with van der Waals surface area (Å²) in [6.45, 7) is 1.18.